The van der Waals surface area contributed by atoms with Crippen LogP contribution in [0.5, 0.6) is 5.75 Å². The molecule has 0 aromatic heterocycles. The second kappa shape index (κ2) is 10.6. The third-order valence-corrected chi connectivity index (χ3v) is 6.21. The number of amides is 1. The van der Waals surface area contributed by atoms with Gasteiger partial charge in [0.2, 0.25) is 15.9 Å². The van der Waals surface area contributed by atoms with Crippen molar-refractivity contribution in [2.75, 3.05) is 7.11 Å². The summed E-state index contributed by atoms with van der Waals surface area (Å²) in [4.78, 5) is 12.8. The fourth-order valence-electron chi connectivity index (χ4n) is 2.96. The number of nitrogens with one attached hydrogen (secondary N) is 2. The highest BCUT2D eigenvalue weighted by atomic mass is 35.5. The summed E-state index contributed by atoms with van der Waals surface area (Å²) in [7, 11) is -2.52. The molecule has 0 saturated heterocycles. The Morgan fingerprint density at radius 1 is 1.17 bits per heavy atom. The first kappa shape index (κ1) is 23.2. The lowest BCUT2D eigenvalue weighted by Gasteiger charge is -2.21. The van der Waals surface area contributed by atoms with Crippen LogP contribution in [-0.2, 0) is 21.2 Å². The third-order valence-electron chi connectivity index (χ3n) is 4.44. The minimum Gasteiger partial charge on any atom is -0.495 e. The molecule has 2 rings (SSSR count). The number of halogens is 1. The number of sulfonamides is 1. The SMILES string of the molecule is CCC[C@H](C)NC(=O)[C@H](Cc1ccccc1)NS(=O)(=O)c1ccc(OC)c(Cl)c1. The first-order chi connectivity index (χ1) is 13.8. The smallest absolute Gasteiger partial charge is 0.241 e. The number of hydrogen-bond acceptors (Lipinski definition) is 4. The average molecular weight is 439 g/mol. The van der Waals surface area contributed by atoms with Crippen molar-refractivity contribution < 1.29 is 17.9 Å². The molecule has 6 nitrogen and oxygen atoms in total. The molecule has 0 radical (unpaired) electrons. The van der Waals surface area contributed by atoms with Crippen molar-refractivity contribution >= 4 is 27.5 Å². The van der Waals surface area contributed by atoms with Crippen molar-refractivity contribution in [3.8, 4) is 5.75 Å². The highest BCUT2D eigenvalue weighted by molar-refractivity contribution is 7.89. The average Bonchev–Trinajstić information content (AvgIpc) is 2.68. The molecular weight excluding hydrogens is 412 g/mol. The van der Waals surface area contributed by atoms with Gasteiger partial charge in [-0.15, -0.1) is 0 Å². The summed E-state index contributed by atoms with van der Waals surface area (Å²) < 4.78 is 33.4. The molecular formula is C21H27ClN2O4S. The van der Waals surface area contributed by atoms with E-state index in [4.69, 9.17) is 16.3 Å². The standard InChI is InChI=1S/C21H27ClN2O4S/c1-4-8-15(2)23-21(25)19(13-16-9-6-5-7-10-16)24-29(26,27)17-11-12-20(28-3)18(22)14-17/h5-7,9-12,14-15,19,24H,4,8,13H2,1-3H3,(H,23,25)/t15-,19-/m0/s1. The van der Waals surface area contributed by atoms with E-state index in [1.165, 1.54) is 25.3 Å². The number of hydrogen-bond donors (Lipinski definition) is 2. The molecule has 0 saturated carbocycles. The molecule has 8 heteroatoms. The van der Waals surface area contributed by atoms with E-state index in [2.05, 4.69) is 10.0 Å². The van der Waals surface area contributed by atoms with Crippen LogP contribution in [0.15, 0.2) is 53.4 Å². The molecule has 2 N–H and O–H groups in total. The fraction of sp³-hybridized carbons (Fsp3) is 0.381. The van der Waals surface area contributed by atoms with E-state index < -0.39 is 16.1 Å². The molecule has 0 spiro atoms. The van der Waals surface area contributed by atoms with Crippen LogP contribution in [0.25, 0.3) is 0 Å². The number of carbonyl (C=O) groups excluding carboxylic acids is 1. The van der Waals surface area contributed by atoms with E-state index in [1.807, 2.05) is 44.2 Å². The summed E-state index contributed by atoms with van der Waals surface area (Å²) >= 11 is 6.07. The van der Waals surface area contributed by atoms with Gasteiger partial charge in [-0.05, 0) is 43.5 Å². The van der Waals surface area contributed by atoms with Crippen molar-refractivity contribution in [2.45, 2.75) is 50.1 Å². The highest BCUT2D eigenvalue weighted by Crippen LogP contribution is 2.27. The van der Waals surface area contributed by atoms with Crippen LogP contribution in [0.2, 0.25) is 5.02 Å². The topological polar surface area (TPSA) is 84.5 Å². The van der Waals surface area contributed by atoms with Gasteiger partial charge in [-0.1, -0.05) is 55.3 Å². The van der Waals surface area contributed by atoms with E-state index in [9.17, 15) is 13.2 Å². The molecule has 1 amide bonds. The normalized spacial score (nSPS) is 13.5. The van der Waals surface area contributed by atoms with Crippen LogP contribution in [0.3, 0.4) is 0 Å². The summed E-state index contributed by atoms with van der Waals surface area (Å²) in [6, 6.07) is 12.4. The monoisotopic (exact) mass is 438 g/mol. The molecule has 2 aromatic rings. The van der Waals surface area contributed by atoms with Crippen molar-refractivity contribution in [1.82, 2.24) is 10.0 Å². The molecule has 29 heavy (non-hydrogen) atoms. The Bertz CT molecular complexity index is 920. The van der Waals surface area contributed by atoms with Gasteiger partial charge in [0.1, 0.15) is 11.8 Å². The lowest BCUT2D eigenvalue weighted by molar-refractivity contribution is -0.123. The predicted octanol–water partition coefficient (Wildman–Crippen LogP) is 3.54. The quantitative estimate of drug-likeness (QED) is 0.594. The lowest BCUT2D eigenvalue weighted by atomic mass is 10.1. The molecule has 0 aliphatic heterocycles. The Morgan fingerprint density at radius 2 is 1.86 bits per heavy atom. The summed E-state index contributed by atoms with van der Waals surface area (Å²) in [6.07, 6.45) is 1.96. The van der Waals surface area contributed by atoms with Crippen molar-refractivity contribution in [3.63, 3.8) is 0 Å². The van der Waals surface area contributed by atoms with Gasteiger partial charge in [-0.25, -0.2) is 8.42 Å². The first-order valence-corrected chi connectivity index (χ1v) is 11.3. The molecule has 0 unspecified atom stereocenters. The van der Waals surface area contributed by atoms with E-state index in [1.54, 1.807) is 0 Å². The number of rotatable bonds is 10. The van der Waals surface area contributed by atoms with E-state index in [-0.39, 0.29) is 28.3 Å². The fourth-order valence-corrected chi connectivity index (χ4v) is 4.50. The second-order valence-corrected chi connectivity index (χ2v) is 8.98. The highest BCUT2D eigenvalue weighted by Gasteiger charge is 2.27. The van der Waals surface area contributed by atoms with E-state index in [0.29, 0.717) is 5.75 Å². The predicted molar refractivity (Wildman–Crippen MR) is 115 cm³/mol. The molecule has 0 bridgehead atoms. The van der Waals surface area contributed by atoms with Crippen molar-refractivity contribution in [1.29, 1.82) is 0 Å². The lowest BCUT2D eigenvalue weighted by Crippen LogP contribution is -2.50. The largest absolute Gasteiger partial charge is 0.495 e. The Kier molecular flexibility index (Phi) is 8.49. The maximum absolute atomic E-state index is 12.9. The van der Waals surface area contributed by atoms with Crippen LogP contribution in [0, 0.1) is 0 Å². The molecule has 0 aliphatic rings. The van der Waals surface area contributed by atoms with Gasteiger partial charge in [0, 0.05) is 6.04 Å². The van der Waals surface area contributed by atoms with Crippen molar-refractivity contribution in [3.05, 3.63) is 59.1 Å². The molecule has 158 valence electrons. The summed E-state index contributed by atoms with van der Waals surface area (Å²) in [5.41, 5.74) is 0.853. The molecule has 0 fully saturated rings. The Morgan fingerprint density at radius 3 is 2.45 bits per heavy atom. The third kappa shape index (κ3) is 6.73. The van der Waals surface area contributed by atoms with Crippen LogP contribution in [0.4, 0.5) is 0 Å². The first-order valence-electron chi connectivity index (χ1n) is 9.47. The Balaban J connectivity index is 2.27. The Hall–Kier alpha value is -2.09. The second-order valence-electron chi connectivity index (χ2n) is 6.86. The van der Waals surface area contributed by atoms with Gasteiger partial charge in [0.05, 0.1) is 17.0 Å². The van der Waals surface area contributed by atoms with Crippen LogP contribution >= 0.6 is 11.6 Å². The number of carbonyl (C=O) groups is 1. The minimum atomic E-state index is -3.97. The van der Waals surface area contributed by atoms with Gasteiger partial charge in [-0.2, -0.15) is 4.72 Å². The van der Waals surface area contributed by atoms with Gasteiger partial charge in [-0.3, -0.25) is 4.79 Å². The number of ether oxygens (including phenoxy) is 1. The van der Waals surface area contributed by atoms with Crippen LogP contribution in [0.1, 0.15) is 32.3 Å². The molecule has 2 atom stereocenters. The number of methoxy groups -OCH3 is 1. The van der Waals surface area contributed by atoms with Crippen LogP contribution < -0.4 is 14.8 Å². The van der Waals surface area contributed by atoms with Gasteiger partial charge < -0.3 is 10.1 Å². The summed E-state index contributed by atoms with van der Waals surface area (Å²) in [6.45, 7) is 3.93. The summed E-state index contributed by atoms with van der Waals surface area (Å²) in [5, 5.41) is 3.07. The minimum absolute atomic E-state index is 0.0317. The van der Waals surface area contributed by atoms with Crippen LogP contribution in [-0.4, -0.2) is 33.5 Å². The molecule has 0 heterocycles. The maximum Gasteiger partial charge on any atom is 0.241 e. The number of benzene rings is 2. The van der Waals surface area contributed by atoms with Gasteiger partial charge in [0.15, 0.2) is 0 Å². The van der Waals surface area contributed by atoms with Gasteiger partial charge >= 0.3 is 0 Å². The maximum atomic E-state index is 12.9. The zero-order chi connectivity index (χ0) is 21.4. The van der Waals surface area contributed by atoms with E-state index >= 15 is 0 Å². The molecule has 0 aliphatic carbocycles. The molecule has 2 aromatic carbocycles. The van der Waals surface area contributed by atoms with Crippen molar-refractivity contribution in [2.24, 2.45) is 0 Å². The zero-order valence-electron chi connectivity index (χ0n) is 16.8. The van der Waals surface area contributed by atoms with E-state index in [0.717, 1.165) is 18.4 Å². The Labute approximate surface area is 177 Å². The zero-order valence-corrected chi connectivity index (χ0v) is 18.4. The summed E-state index contributed by atoms with van der Waals surface area (Å²) in [5.74, 6) is 0.00979. The van der Waals surface area contributed by atoms with Gasteiger partial charge in [0.25, 0.3) is 0 Å².